The Kier molecular flexibility index (Phi) is 4.59. The van der Waals surface area contributed by atoms with Gasteiger partial charge in [-0.05, 0) is 38.8 Å². The maximum absolute atomic E-state index is 12.6. The summed E-state index contributed by atoms with van der Waals surface area (Å²) in [6, 6.07) is 0. The first-order valence-electron chi connectivity index (χ1n) is 6.94. The Labute approximate surface area is 115 Å². The molecule has 2 fully saturated rings. The van der Waals surface area contributed by atoms with E-state index in [9.17, 15) is 23.1 Å². The van der Waals surface area contributed by atoms with E-state index >= 15 is 0 Å². The minimum atomic E-state index is -4.13. The zero-order valence-electron chi connectivity index (χ0n) is 11.3. The number of likely N-dealkylation sites (tertiary alicyclic amines) is 1. The molecule has 2 aliphatic rings. The second-order valence-corrected chi connectivity index (χ2v) is 5.79. The summed E-state index contributed by atoms with van der Waals surface area (Å²) in [4.78, 5) is 13.4. The minimum Gasteiger partial charge on any atom is -0.481 e. The molecule has 0 aromatic heterocycles. The van der Waals surface area contributed by atoms with Crippen molar-refractivity contribution in [3.63, 3.8) is 0 Å². The van der Waals surface area contributed by atoms with Crippen LogP contribution in [0.5, 0.6) is 0 Å². The fourth-order valence-corrected chi connectivity index (χ4v) is 3.05. The smallest absolute Gasteiger partial charge is 0.391 e. The molecule has 4 nitrogen and oxygen atoms in total. The van der Waals surface area contributed by atoms with Gasteiger partial charge in [0.25, 0.3) is 0 Å². The van der Waals surface area contributed by atoms with Gasteiger partial charge in [-0.1, -0.05) is 0 Å². The lowest BCUT2D eigenvalue weighted by Gasteiger charge is -2.40. The SMILES string of the molecule is O=C(O)C1(CN2CCC(C(F)(F)F)CC2)CCOCC1. The number of ether oxygens (including phenoxy) is 1. The molecule has 116 valence electrons. The van der Waals surface area contributed by atoms with Crippen molar-refractivity contribution in [2.45, 2.75) is 31.9 Å². The Balaban J connectivity index is 1.92. The zero-order valence-corrected chi connectivity index (χ0v) is 11.3. The topological polar surface area (TPSA) is 49.8 Å². The highest BCUT2D eigenvalue weighted by atomic mass is 19.4. The number of carboxylic acid groups (broad SMARTS) is 1. The van der Waals surface area contributed by atoms with Crippen LogP contribution in [-0.4, -0.2) is 55.0 Å². The number of alkyl halides is 3. The summed E-state index contributed by atoms with van der Waals surface area (Å²) in [5.41, 5.74) is -0.858. The number of hydrogen-bond acceptors (Lipinski definition) is 3. The highest BCUT2D eigenvalue weighted by Gasteiger charge is 2.45. The monoisotopic (exact) mass is 295 g/mol. The molecule has 0 bridgehead atoms. The first-order valence-corrected chi connectivity index (χ1v) is 6.94. The molecule has 0 spiro atoms. The third-order valence-electron chi connectivity index (χ3n) is 4.48. The average molecular weight is 295 g/mol. The third-order valence-corrected chi connectivity index (χ3v) is 4.48. The number of carboxylic acids is 1. The van der Waals surface area contributed by atoms with Crippen LogP contribution in [0.25, 0.3) is 0 Å². The number of halogens is 3. The second kappa shape index (κ2) is 5.89. The van der Waals surface area contributed by atoms with Gasteiger partial charge in [-0.15, -0.1) is 0 Å². The van der Waals surface area contributed by atoms with Crippen molar-refractivity contribution in [2.75, 3.05) is 32.8 Å². The van der Waals surface area contributed by atoms with Gasteiger partial charge in [-0.2, -0.15) is 13.2 Å². The molecule has 0 radical (unpaired) electrons. The predicted octanol–water partition coefficient (Wildman–Crippen LogP) is 2.14. The summed E-state index contributed by atoms with van der Waals surface area (Å²) in [6.45, 7) is 1.78. The Morgan fingerprint density at radius 1 is 1.25 bits per heavy atom. The van der Waals surface area contributed by atoms with Crippen LogP contribution in [0, 0.1) is 11.3 Å². The molecule has 7 heteroatoms. The first kappa shape index (κ1) is 15.6. The molecule has 0 amide bonds. The molecular formula is C13H20F3NO3. The first-order chi connectivity index (χ1) is 9.33. The number of aliphatic carboxylic acids is 1. The van der Waals surface area contributed by atoms with Crippen molar-refractivity contribution in [3.05, 3.63) is 0 Å². The van der Waals surface area contributed by atoms with Crippen molar-refractivity contribution in [1.29, 1.82) is 0 Å². The lowest BCUT2D eigenvalue weighted by Crippen LogP contribution is -2.49. The molecule has 0 aromatic rings. The van der Waals surface area contributed by atoms with E-state index in [1.54, 1.807) is 0 Å². The fourth-order valence-electron chi connectivity index (χ4n) is 3.05. The van der Waals surface area contributed by atoms with Gasteiger partial charge >= 0.3 is 12.1 Å². The normalized spacial score (nSPS) is 25.6. The Hall–Kier alpha value is -0.820. The maximum Gasteiger partial charge on any atom is 0.391 e. The zero-order chi connectivity index (χ0) is 14.8. The van der Waals surface area contributed by atoms with E-state index in [1.807, 2.05) is 4.90 Å². The maximum atomic E-state index is 12.6. The lowest BCUT2D eigenvalue weighted by atomic mass is 9.79. The van der Waals surface area contributed by atoms with Gasteiger partial charge in [-0.3, -0.25) is 4.79 Å². The van der Waals surface area contributed by atoms with Crippen molar-refractivity contribution in [2.24, 2.45) is 11.3 Å². The van der Waals surface area contributed by atoms with Crippen LogP contribution in [0.1, 0.15) is 25.7 Å². The van der Waals surface area contributed by atoms with Crippen LogP contribution in [-0.2, 0) is 9.53 Å². The van der Waals surface area contributed by atoms with Crippen LogP contribution in [0.4, 0.5) is 13.2 Å². The van der Waals surface area contributed by atoms with E-state index in [0.717, 1.165) is 0 Å². The van der Waals surface area contributed by atoms with Gasteiger partial charge in [0.05, 0.1) is 11.3 Å². The van der Waals surface area contributed by atoms with Gasteiger partial charge in [0.2, 0.25) is 0 Å². The predicted molar refractivity (Wildman–Crippen MR) is 65.3 cm³/mol. The second-order valence-electron chi connectivity index (χ2n) is 5.79. The van der Waals surface area contributed by atoms with E-state index in [-0.39, 0.29) is 12.8 Å². The largest absolute Gasteiger partial charge is 0.481 e. The highest BCUT2D eigenvalue weighted by molar-refractivity contribution is 5.75. The lowest BCUT2D eigenvalue weighted by molar-refractivity contribution is -0.187. The van der Waals surface area contributed by atoms with Crippen LogP contribution >= 0.6 is 0 Å². The molecular weight excluding hydrogens is 275 g/mol. The highest BCUT2D eigenvalue weighted by Crippen LogP contribution is 2.37. The summed E-state index contributed by atoms with van der Waals surface area (Å²) >= 11 is 0. The molecule has 0 saturated carbocycles. The molecule has 0 aliphatic carbocycles. The standard InChI is InChI=1S/C13H20F3NO3/c14-13(15,16)10-1-5-17(6-2-10)9-12(11(18)19)3-7-20-8-4-12/h10H,1-9H2,(H,18,19). The van der Waals surface area contributed by atoms with E-state index in [4.69, 9.17) is 4.74 Å². The number of hydrogen-bond donors (Lipinski definition) is 1. The quantitative estimate of drug-likeness (QED) is 0.866. The van der Waals surface area contributed by atoms with E-state index in [0.29, 0.717) is 45.7 Å². The van der Waals surface area contributed by atoms with Crippen LogP contribution in [0.15, 0.2) is 0 Å². The molecule has 2 heterocycles. The Morgan fingerprint density at radius 3 is 2.25 bits per heavy atom. The van der Waals surface area contributed by atoms with Crippen molar-refractivity contribution in [1.82, 2.24) is 4.90 Å². The van der Waals surface area contributed by atoms with Crippen molar-refractivity contribution >= 4 is 5.97 Å². The summed E-state index contributed by atoms with van der Waals surface area (Å²) < 4.78 is 43.0. The number of carbonyl (C=O) groups is 1. The Morgan fingerprint density at radius 2 is 1.80 bits per heavy atom. The van der Waals surface area contributed by atoms with Gasteiger partial charge < -0.3 is 14.7 Å². The van der Waals surface area contributed by atoms with E-state index in [2.05, 4.69) is 0 Å². The summed E-state index contributed by atoms with van der Waals surface area (Å²) in [5.74, 6) is -2.10. The average Bonchev–Trinajstić information content (AvgIpc) is 2.39. The summed E-state index contributed by atoms with van der Waals surface area (Å²) in [6.07, 6.45) is -3.14. The molecule has 1 N–H and O–H groups in total. The molecule has 0 atom stereocenters. The molecule has 0 unspecified atom stereocenters. The van der Waals surface area contributed by atoms with Crippen molar-refractivity contribution < 1.29 is 27.8 Å². The molecule has 20 heavy (non-hydrogen) atoms. The summed E-state index contributed by atoms with van der Waals surface area (Å²) in [7, 11) is 0. The van der Waals surface area contributed by atoms with Gasteiger partial charge in [0.1, 0.15) is 0 Å². The van der Waals surface area contributed by atoms with Crippen LogP contribution < -0.4 is 0 Å². The van der Waals surface area contributed by atoms with Crippen LogP contribution in [0.2, 0.25) is 0 Å². The molecule has 0 aromatic carbocycles. The third kappa shape index (κ3) is 3.44. The molecule has 2 aliphatic heterocycles. The summed E-state index contributed by atoms with van der Waals surface area (Å²) in [5, 5.41) is 9.44. The fraction of sp³-hybridized carbons (Fsp3) is 0.923. The van der Waals surface area contributed by atoms with E-state index < -0.39 is 23.5 Å². The molecule has 2 rings (SSSR count). The number of rotatable bonds is 3. The molecule has 2 saturated heterocycles. The van der Waals surface area contributed by atoms with Gasteiger partial charge in [0.15, 0.2) is 0 Å². The number of piperidine rings is 1. The minimum absolute atomic E-state index is 0.0652. The Bertz CT molecular complexity index is 345. The van der Waals surface area contributed by atoms with Crippen LogP contribution in [0.3, 0.4) is 0 Å². The number of nitrogens with zero attached hydrogens (tertiary/aromatic N) is 1. The van der Waals surface area contributed by atoms with Crippen molar-refractivity contribution in [3.8, 4) is 0 Å². The van der Waals surface area contributed by atoms with Gasteiger partial charge in [0, 0.05) is 19.8 Å². The van der Waals surface area contributed by atoms with E-state index in [1.165, 1.54) is 0 Å². The van der Waals surface area contributed by atoms with Gasteiger partial charge in [-0.25, -0.2) is 0 Å².